The van der Waals surface area contributed by atoms with E-state index in [1.54, 1.807) is 30.4 Å². The molecule has 30 heavy (non-hydrogen) atoms. The summed E-state index contributed by atoms with van der Waals surface area (Å²) in [5.41, 5.74) is 3.89. The zero-order chi connectivity index (χ0) is 21.1. The Morgan fingerprint density at radius 2 is 1.60 bits per heavy atom. The summed E-state index contributed by atoms with van der Waals surface area (Å²) in [7, 11) is 1.61. The molecule has 0 unspecified atom stereocenters. The number of hydrogen-bond acceptors (Lipinski definition) is 4. The average Bonchev–Trinajstić information content (AvgIpc) is 3.23. The Bertz CT molecular complexity index is 1150. The molecule has 8 heteroatoms. The first kappa shape index (κ1) is 19.5. The predicted molar refractivity (Wildman–Crippen MR) is 105 cm³/mol. The second-order valence-corrected chi connectivity index (χ2v) is 6.29. The van der Waals surface area contributed by atoms with Crippen molar-refractivity contribution in [1.82, 2.24) is 14.8 Å². The summed E-state index contributed by atoms with van der Waals surface area (Å²) in [6.45, 7) is 0. The maximum Gasteiger partial charge on any atom is 0.573 e. The molecule has 0 N–H and O–H groups in total. The number of ether oxygens (including phenoxy) is 2. The van der Waals surface area contributed by atoms with E-state index in [0.717, 1.165) is 22.4 Å². The van der Waals surface area contributed by atoms with E-state index in [9.17, 15) is 13.2 Å². The first-order chi connectivity index (χ1) is 14.5. The zero-order valence-corrected chi connectivity index (χ0v) is 15.8. The fourth-order valence-electron chi connectivity index (χ4n) is 3.20. The number of halogens is 3. The Labute approximate surface area is 170 Å². The highest BCUT2D eigenvalue weighted by molar-refractivity contribution is 5.84. The first-order valence-corrected chi connectivity index (χ1v) is 8.94. The van der Waals surface area contributed by atoms with Gasteiger partial charge in [-0.1, -0.05) is 18.2 Å². The average molecular weight is 411 g/mol. The minimum absolute atomic E-state index is 0.295. The molecule has 2 aromatic carbocycles. The maximum absolute atomic E-state index is 12.4. The van der Waals surface area contributed by atoms with Crippen LogP contribution in [0, 0.1) is 0 Å². The molecule has 0 aliphatic heterocycles. The lowest BCUT2D eigenvalue weighted by atomic mass is 9.99. The summed E-state index contributed by atoms with van der Waals surface area (Å²) in [5, 5.41) is 4.34. The summed E-state index contributed by atoms with van der Waals surface area (Å²) in [6, 6.07) is 16.8. The first-order valence-electron chi connectivity index (χ1n) is 8.94. The van der Waals surface area contributed by atoms with Crippen molar-refractivity contribution in [3.05, 3.63) is 79.3 Å². The quantitative estimate of drug-likeness (QED) is 0.435. The van der Waals surface area contributed by atoms with Crippen molar-refractivity contribution < 1.29 is 22.6 Å². The largest absolute Gasteiger partial charge is 0.573 e. The van der Waals surface area contributed by atoms with E-state index in [1.165, 1.54) is 24.3 Å². The van der Waals surface area contributed by atoms with Crippen LogP contribution in [0.15, 0.2) is 79.3 Å². The molecule has 0 saturated carbocycles. The number of benzene rings is 2. The normalized spacial score (nSPS) is 11.3. The number of methoxy groups -OCH3 is 1. The van der Waals surface area contributed by atoms with Crippen LogP contribution in [0.1, 0.15) is 0 Å². The fourth-order valence-corrected chi connectivity index (χ4v) is 3.20. The SMILES string of the molecule is COc1ccccc1-c1ccncc1-c1ccnn1-c1ccc(OC(F)(F)F)cc1. The van der Waals surface area contributed by atoms with Crippen LogP contribution < -0.4 is 9.47 Å². The number of rotatable bonds is 5. The molecule has 0 spiro atoms. The minimum atomic E-state index is -4.74. The summed E-state index contributed by atoms with van der Waals surface area (Å²) in [4.78, 5) is 4.24. The van der Waals surface area contributed by atoms with Crippen LogP contribution in [0.5, 0.6) is 11.5 Å². The van der Waals surface area contributed by atoms with Gasteiger partial charge < -0.3 is 9.47 Å². The lowest BCUT2D eigenvalue weighted by Gasteiger charge is -2.14. The van der Waals surface area contributed by atoms with Gasteiger partial charge in [0, 0.05) is 23.5 Å². The summed E-state index contributed by atoms with van der Waals surface area (Å²) in [6.07, 6.45) is 0.290. The third-order valence-corrected chi connectivity index (χ3v) is 4.45. The van der Waals surface area contributed by atoms with Crippen molar-refractivity contribution in [3.8, 4) is 39.6 Å². The van der Waals surface area contributed by atoms with Crippen molar-refractivity contribution in [1.29, 1.82) is 0 Å². The van der Waals surface area contributed by atoms with Gasteiger partial charge in [0.05, 0.1) is 24.7 Å². The van der Waals surface area contributed by atoms with Gasteiger partial charge in [-0.25, -0.2) is 4.68 Å². The molecule has 0 bridgehead atoms. The third kappa shape index (κ3) is 3.98. The van der Waals surface area contributed by atoms with Gasteiger partial charge in [-0.15, -0.1) is 13.2 Å². The Morgan fingerprint density at radius 1 is 0.833 bits per heavy atom. The summed E-state index contributed by atoms with van der Waals surface area (Å²) >= 11 is 0. The molecule has 0 aliphatic carbocycles. The monoisotopic (exact) mass is 411 g/mol. The molecule has 0 amide bonds. The van der Waals surface area contributed by atoms with E-state index in [4.69, 9.17) is 4.74 Å². The summed E-state index contributed by atoms with van der Waals surface area (Å²) in [5.74, 6) is 0.417. The Kier molecular flexibility index (Phi) is 5.14. The van der Waals surface area contributed by atoms with Crippen LogP contribution in [0.25, 0.3) is 28.1 Å². The third-order valence-electron chi connectivity index (χ3n) is 4.45. The van der Waals surface area contributed by atoms with Crippen LogP contribution in [0.4, 0.5) is 13.2 Å². The molecule has 5 nitrogen and oxygen atoms in total. The molecule has 4 rings (SSSR count). The smallest absolute Gasteiger partial charge is 0.496 e. The molecular weight excluding hydrogens is 395 g/mol. The fraction of sp³-hybridized carbons (Fsp3) is 0.0909. The van der Waals surface area contributed by atoms with Gasteiger partial charge in [-0.2, -0.15) is 5.10 Å². The molecular formula is C22H16F3N3O2. The van der Waals surface area contributed by atoms with Crippen molar-refractivity contribution in [2.75, 3.05) is 7.11 Å². The van der Waals surface area contributed by atoms with Gasteiger partial charge in [-0.05, 0) is 48.0 Å². The molecule has 2 aromatic heterocycles. The van der Waals surface area contributed by atoms with E-state index in [1.807, 2.05) is 36.4 Å². The van der Waals surface area contributed by atoms with Crippen molar-refractivity contribution in [2.24, 2.45) is 0 Å². The van der Waals surface area contributed by atoms with Crippen LogP contribution in [0.3, 0.4) is 0 Å². The highest BCUT2D eigenvalue weighted by Crippen LogP contribution is 2.37. The number of aromatic nitrogens is 3. The minimum Gasteiger partial charge on any atom is -0.496 e. The van der Waals surface area contributed by atoms with E-state index in [-0.39, 0.29) is 5.75 Å². The van der Waals surface area contributed by atoms with Crippen LogP contribution in [-0.2, 0) is 0 Å². The van der Waals surface area contributed by atoms with Crippen molar-refractivity contribution in [3.63, 3.8) is 0 Å². The second-order valence-electron chi connectivity index (χ2n) is 6.29. The lowest BCUT2D eigenvalue weighted by molar-refractivity contribution is -0.274. The number of para-hydroxylation sites is 1. The standard InChI is InChI=1S/C22H16F3N3O2/c1-29-21-5-3-2-4-18(21)17-10-12-26-14-19(17)20-11-13-27-28(20)15-6-8-16(9-7-15)30-22(23,24)25/h2-14H,1H3. The molecule has 0 saturated heterocycles. The van der Waals surface area contributed by atoms with Gasteiger partial charge in [0.1, 0.15) is 11.5 Å². The number of hydrogen-bond donors (Lipinski definition) is 0. The molecule has 2 heterocycles. The molecule has 0 atom stereocenters. The van der Waals surface area contributed by atoms with Gasteiger partial charge in [0.2, 0.25) is 0 Å². The van der Waals surface area contributed by atoms with Crippen LogP contribution in [0.2, 0.25) is 0 Å². The highest BCUT2D eigenvalue weighted by Gasteiger charge is 2.31. The zero-order valence-electron chi connectivity index (χ0n) is 15.8. The van der Waals surface area contributed by atoms with Crippen molar-refractivity contribution >= 4 is 0 Å². The Hall–Kier alpha value is -3.81. The number of nitrogens with zero attached hydrogens (tertiary/aromatic N) is 3. The molecule has 0 fully saturated rings. The number of pyridine rings is 1. The summed E-state index contributed by atoms with van der Waals surface area (Å²) < 4.78 is 48.3. The van der Waals surface area contributed by atoms with E-state index < -0.39 is 6.36 Å². The van der Waals surface area contributed by atoms with Crippen LogP contribution >= 0.6 is 0 Å². The lowest BCUT2D eigenvalue weighted by Crippen LogP contribution is -2.17. The predicted octanol–water partition coefficient (Wildman–Crippen LogP) is 5.51. The van der Waals surface area contributed by atoms with E-state index >= 15 is 0 Å². The molecule has 0 radical (unpaired) electrons. The molecule has 0 aliphatic rings. The highest BCUT2D eigenvalue weighted by atomic mass is 19.4. The number of alkyl halides is 3. The topological polar surface area (TPSA) is 49.2 Å². The Balaban J connectivity index is 1.76. The van der Waals surface area contributed by atoms with Gasteiger partial charge >= 0.3 is 6.36 Å². The van der Waals surface area contributed by atoms with Gasteiger partial charge in [0.25, 0.3) is 0 Å². The van der Waals surface area contributed by atoms with E-state index in [2.05, 4.69) is 14.8 Å². The van der Waals surface area contributed by atoms with E-state index in [0.29, 0.717) is 11.4 Å². The van der Waals surface area contributed by atoms with Gasteiger partial charge in [-0.3, -0.25) is 4.98 Å². The molecule has 4 aromatic rings. The van der Waals surface area contributed by atoms with Gasteiger partial charge in [0.15, 0.2) is 0 Å². The van der Waals surface area contributed by atoms with Crippen LogP contribution in [-0.4, -0.2) is 28.2 Å². The second kappa shape index (κ2) is 7.90. The maximum atomic E-state index is 12.4. The molecule has 152 valence electrons. The Morgan fingerprint density at radius 3 is 2.33 bits per heavy atom. The van der Waals surface area contributed by atoms with Crippen molar-refractivity contribution in [2.45, 2.75) is 6.36 Å².